The van der Waals surface area contributed by atoms with Crippen LogP contribution in [0.15, 0.2) is 0 Å². The highest BCUT2D eigenvalue weighted by Crippen LogP contribution is 2.30. The van der Waals surface area contributed by atoms with Gasteiger partial charge in [0, 0.05) is 25.2 Å². The van der Waals surface area contributed by atoms with Crippen LogP contribution in [-0.4, -0.2) is 65.7 Å². The van der Waals surface area contributed by atoms with Crippen molar-refractivity contribution in [2.75, 3.05) is 26.7 Å². The summed E-state index contributed by atoms with van der Waals surface area (Å²) in [5.41, 5.74) is 0. The number of hydrogen-bond acceptors (Lipinski definition) is 3. The van der Waals surface area contributed by atoms with Crippen molar-refractivity contribution < 1.29 is 14.7 Å². The van der Waals surface area contributed by atoms with Crippen LogP contribution < -0.4 is 5.32 Å². The summed E-state index contributed by atoms with van der Waals surface area (Å²) in [7, 11) is 1.87. The molecule has 6 heteroatoms. The van der Waals surface area contributed by atoms with E-state index in [1.54, 1.807) is 0 Å². The van der Waals surface area contributed by atoms with E-state index in [4.69, 9.17) is 5.11 Å². The first-order chi connectivity index (χ1) is 12.0. The van der Waals surface area contributed by atoms with Crippen LogP contribution in [0.2, 0.25) is 0 Å². The molecule has 1 saturated carbocycles. The molecule has 2 N–H and O–H groups in total. The lowest BCUT2D eigenvalue weighted by atomic mass is 9.97. The number of carbonyl (C=O) groups is 2. The maximum atomic E-state index is 12.7. The summed E-state index contributed by atoms with van der Waals surface area (Å²) in [4.78, 5) is 27.4. The topological polar surface area (TPSA) is 72.9 Å². The normalized spacial score (nSPS) is 27.3. The predicted octanol–water partition coefficient (Wildman–Crippen LogP) is 2.93. The quantitative estimate of drug-likeness (QED) is 0.738. The van der Waals surface area contributed by atoms with Gasteiger partial charge in [0.15, 0.2) is 0 Å². The number of likely N-dealkylation sites (tertiary alicyclic amines) is 1. The molecule has 0 radical (unpaired) electrons. The van der Waals surface area contributed by atoms with E-state index in [9.17, 15) is 9.59 Å². The number of hydrogen-bond donors (Lipinski definition) is 2. The zero-order valence-electron chi connectivity index (χ0n) is 15.9. The van der Waals surface area contributed by atoms with E-state index in [0.29, 0.717) is 18.5 Å². The van der Waals surface area contributed by atoms with Gasteiger partial charge in [-0.05, 0) is 51.5 Å². The Kier molecular flexibility index (Phi) is 8.00. The third kappa shape index (κ3) is 6.17. The molecule has 1 saturated heterocycles. The minimum atomic E-state index is -0.791. The minimum absolute atomic E-state index is 0.0675. The number of carbonyl (C=O) groups excluding carboxylic acids is 1. The van der Waals surface area contributed by atoms with Crippen molar-refractivity contribution in [3.05, 3.63) is 0 Å². The van der Waals surface area contributed by atoms with Gasteiger partial charge in [-0.1, -0.05) is 26.2 Å². The standard InChI is InChI=1S/C19H35N3O3/c1-3-4-7-15-8-5-10-17(15)20-19(25)22-12-6-9-16(11-13-22)21(2)14-18(23)24/h15-17H,3-14H2,1-2H3,(H,20,25)(H,23,24). The van der Waals surface area contributed by atoms with Crippen LogP contribution in [0.25, 0.3) is 0 Å². The van der Waals surface area contributed by atoms with Gasteiger partial charge in [-0.2, -0.15) is 0 Å². The molecule has 0 aromatic rings. The third-order valence-corrected chi connectivity index (χ3v) is 5.89. The number of carboxylic acids is 1. The molecule has 0 bridgehead atoms. The lowest BCUT2D eigenvalue weighted by Crippen LogP contribution is -2.46. The van der Waals surface area contributed by atoms with Gasteiger partial charge in [-0.3, -0.25) is 9.69 Å². The van der Waals surface area contributed by atoms with E-state index >= 15 is 0 Å². The summed E-state index contributed by atoms with van der Waals surface area (Å²) in [6, 6.07) is 0.667. The van der Waals surface area contributed by atoms with E-state index in [2.05, 4.69) is 12.2 Å². The highest BCUT2D eigenvalue weighted by atomic mass is 16.4. The fourth-order valence-electron chi connectivity index (χ4n) is 4.35. The van der Waals surface area contributed by atoms with Crippen molar-refractivity contribution in [2.45, 2.75) is 76.8 Å². The van der Waals surface area contributed by atoms with Crippen LogP contribution in [0.3, 0.4) is 0 Å². The van der Waals surface area contributed by atoms with Gasteiger partial charge >= 0.3 is 12.0 Å². The summed E-state index contributed by atoms with van der Waals surface area (Å²) in [5.74, 6) is -0.147. The first-order valence-corrected chi connectivity index (χ1v) is 9.98. The summed E-state index contributed by atoms with van der Waals surface area (Å²) in [6.07, 6.45) is 10.0. The van der Waals surface area contributed by atoms with Crippen LogP contribution in [0.1, 0.15) is 64.7 Å². The SMILES string of the molecule is CCCCC1CCCC1NC(=O)N1CCCC(N(C)CC(=O)O)CC1. The van der Waals surface area contributed by atoms with Gasteiger partial charge in [0.25, 0.3) is 0 Å². The van der Waals surface area contributed by atoms with Crippen molar-refractivity contribution in [3.63, 3.8) is 0 Å². The van der Waals surface area contributed by atoms with Crippen LogP contribution in [0.4, 0.5) is 4.79 Å². The Morgan fingerprint density at radius 3 is 2.68 bits per heavy atom. The molecule has 2 fully saturated rings. The fourth-order valence-corrected chi connectivity index (χ4v) is 4.35. The van der Waals surface area contributed by atoms with E-state index in [0.717, 1.165) is 32.2 Å². The Labute approximate surface area is 151 Å². The Hall–Kier alpha value is -1.30. The predicted molar refractivity (Wildman–Crippen MR) is 98.7 cm³/mol. The van der Waals surface area contributed by atoms with Gasteiger partial charge in [-0.25, -0.2) is 4.79 Å². The first kappa shape index (κ1) is 20.0. The molecule has 2 aliphatic rings. The maximum Gasteiger partial charge on any atom is 0.317 e. The number of urea groups is 1. The molecule has 1 aliphatic heterocycles. The van der Waals surface area contributed by atoms with Gasteiger partial charge in [0.2, 0.25) is 0 Å². The molecule has 1 aliphatic carbocycles. The van der Waals surface area contributed by atoms with Crippen LogP contribution in [-0.2, 0) is 4.79 Å². The van der Waals surface area contributed by atoms with E-state index in [1.165, 1.54) is 32.1 Å². The summed E-state index contributed by atoms with van der Waals surface area (Å²) in [5, 5.41) is 12.2. The van der Waals surface area contributed by atoms with Gasteiger partial charge in [-0.15, -0.1) is 0 Å². The number of nitrogens with zero attached hydrogens (tertiary/aromatic N) is 2. The molecule has 0 aromatic carbocycles. The molecule has 6 nitrogen and oxygen atoms in total. The van der Waals surface area contributed by atoms with Crippen molar-refractivity contribution >= 4 is 12.0 Å². The Morgan fingerprint density at radius 2 is 1.96 bits per heavy atom. The molecule has 1 heterocycles. The second kappa shape index (κ2) is 10.00. The third-order valence-electron chi connectivity index (χ3n) is 5.89. The highest BCUT2D eigenvalue weighted by Gasteiger charge is 2.30. The summed E-state index contributed by atoms with van der Waals surface area (Å²) in [6.45, 7) is 3.78. The van der Waals surface area contributed by atoms with E-state index in [1.807, 2.05) is 16.8 Å². The van der Waals surface area contributed by atoms with Crippen LogP contribution >= 0.6 is 0 Å². The van der Waals surface area contributed by atoms with Crippen molar-refractivity contribution in [2.24, 2.45) is 5.92 Å². The monoisotopic (exact) mass is 353 g/mol. The summed E-state index contributed by atoms with van der Waals surface area (Å²) >= 11 is 0. The van der Waals surface area contributed by atoms with Crippen LogP contribution in [0.5, 0.6) is 0 Å². The highest BCUT2D eigenvalue weighted by molar-refractivity contribution is 5.74. The minimum Gasteiger partial charge on any atom is -0.480 e. The number of amides is 2. The Bertz CT molecular complexity index is 444. The maximum absolute atomic E-state index is 12.7. The van der Waals surface area contributed by atoms with Gasteiger partial charge in [0.1, 0.15) is 0 Å². The average molecular weight is 354 g/mol. The summed E-state index contributed by atoms with van der Waals surface area (Å²) < 4.78 is 0. The van der Waals surface area contributed by atoms with Gasteiger partial charge in [0.05, 0.1) is 6.54 Å². The molecule has 2 amide bonds. The number of aliphatic carboxylic acids is 1. The molecular weight excluding hydrogens is 318 g/mol. The van der Waals surface area contributed by atoms with Crippen molar-refractivity contribution in [1.82, 2.24) is 15.1 Å². The van der Waals surface area contributed by atoms with Crippen molar-refractivity contribution in [3.8, 4) is 0 Å². The number of carboxylic acid groups (broad SMARTS) is 1. The smallest absolute Gasteiger partial charge is 0.317 e. The fraction of sp³-hybridized carbons (Fsp3) is 0.895. The van der Waals surface area contributed by atoms with E-state index in [-0.39, 0.29) is 18.6 Å². The van der Waals surface area contributed by atoms with Crippen molar-refractivity contribution in [1.29, 1.82) is 0 Å². The average Bonchev–Trinajstić information content (AvgIpc) is 2.84. The van der Waals surface area contributed by atoms with Crippen LogP contribution in [0, 0.1) is 5.92 Å². The number of rotatable bonds is 7. The van der Waals surface area contributed by atoms with E-state index < -0.39 is 5.97 Å². The zero-order valence-corrected chi connectivity index (χ0v) is 15.9. The second-order valence-corrected chi connectivity index (χ2v) is 7.77. The largest absolute Gasteiger partial charge is 0.480 e. The molecule has 0 spiro atoms. The molecule has 2 rings (SSSR count). The number of nitrogens with one attached hydrogen (secondary N) is 1. The molecule has 3 atom stereocenters. The first-order valence-electron chi connectivity index (χ1n) is 9.98. The number of likely N-dealkylation sites (N-methyl/N-ethyl adjacent to an activating group) is 1. The Balaban J connectivity index is 1.81. The molecule has 25 heavy (non-hydrogen) atoms. The molecule has 0 aromatic heterocycles. The zero-order chi connectivity index (χ0) is 18.2. The molecule has 144 valence electrons. The second-order valence-electron chi connectivity index (χ2n) is 7.77. The Morgan fingerprint density at radius 1 is 1.16 bits per heavy atom. The molecule has 3 unspecified atom stereocenters. The van der Waals surface area contributed by atoms with Gasteiger partial charge < -0.3 is 15.3 Å². The molecular formula is C19H35N3O3. The lowest BCUT2D eigenvalue weighted by molar-refractivity contribution is -0.138. The lowest BCUT2D eigenvalue weighted by Gasteiger charge is -2.27. The number of unbranched alkanes of at least 4 members (excludes halogenated alkanes) is 1.